The van der Waals surface area contributed by atoms with E-state index in [0.29, 0.717) is 0 Å². The van der Waals surface area contributed by atoms with Crippen molar-refractivity contribution in [3.63, 3.8) is 0 Å². The maximum absolute atomic E-state index is 2.39. The SMILES string of the molecule is CC[P+](c1cccc(C)c1C)(c1cccc(C)c1C)c1cccc(C)c1C. The fourth-order valence-electron chi connectivity index (χ4n) is 4.35. The van der Waals surface area contributed by atoms with Crippen LogP contribution < -0.4 is 15.9 Å². The topological polar surface area (TPSA) is 0 Å². The van der Waals surface area contributed by atoms with Crippen LogP contribution in [0, 0.1) is 41.5 Å². The lowest BCUT2D eigenvalue weighted by atomic mass is 10.1. The third-order valence-electron chi connectivity index (χ3n) is 6.44. The van der Waals surface area contributed by atoms with Crippen molar-refractivity contribution < 1.29 is 0 Å². The summed E-state index contributed by atoms with van der Waals surface area (Å²) in [5.74, 6) is 0. The summed E-state index contributed by atoms with van der Waals surface area (Å²) >= 11 is 0. The van der Waals surface area contributed by atoms with Crippen LogP contribution in [0.5, 0.6) is 0 Å². The smallest absolute Gasteiger partial charge is 0.0588 e. The molecular formula is C26H32P+. The zero-order valence-electron chi connectivity index (χ0n) is 17.9. The minimum atomic E-state index is -1.73. The Kier molecular flexibility index (Phi) is 5.59. The Morgan fingerprint density at radius 2 is 0.815 bits per heavy atom. The molecule has 0 spiro atoms. The Morgan fingerprint density at radius 1 is 0.519 bits per heavy atom. The molecule has 0 aliphatic carbocycles. The number of aryl methyl sites for hydroxylation is 3. The van der Waals surface area contributed by atoms with Gasteiger partial charge in [0.15, 0.2) is 0 Å². The van der Waals surface area contributed by atoms with Gasteiger partial charge in [-0.05, 0) is 100 Å². The van der Waals surface area contributed by atoms with Crippen molar-refractivity contribution in [3.05, 3.63) is 88.0 Å². The van der Waals surface area contributed by atoms with Gasteiger partial charge >= 0.3 is 0 Å². The first-order chi connectivity index (χ1) is 12.8. The maximum Gasteiger partial charge on any atom is 0.112 e. The molecule has 0 aliphatic heterocycles. The van der Waals surface area contributed by atoms with E-state index in [0.717, 1.165) is 6.16 Å². The minimum absolute atomic E-state index is 1.14. The van der Waals surface area contributed by atoms with E-state index in [-0.39, 0.29) is 0 Å². The summed E-state index contributed by atoms with van der Waals surface area (Å²) in [6, 6.07) is 20.7. The molecule has 1 heteroatoms. The van der Waals surface area contributed by atoms with Crippen LogP contribution in [-0.4, -0.2) is 6.16 Å². The molecule has 0 radical (unpaired) electrons. The highest BCUT2D eigenvalue weighted by Gasteiger charge is 2.47. The lowest BCUT2D eigenvalue weighted by Gasteiger charge is -2.31. The van der Waals surface area contributed by atoms with E-state index in [9.17, 15) is 0 Å². The third kappa shape index (κ3) is 3.15. The number of rotatable bonds is 4. The average Bonchev–Trinajstić information content (AvgIpc) is 2.65. The van der Waals surface area contributed by atoms with E-state index in [2.05, 4.69) is 103 Å². The van der Waals surface area contributed by atoms with Crippen molar-refractivity contribution >= 4 is 23.2 Å². The van der Waals surface area contributed by atoms with E-state index in [4.69, 9.17) is 0 Å². The maximum atomic E-state index is 2.39. The monoisotopic (exact) mass is 375 g/mol. The number of benzene rings is 3. The van der Waals surface area contributed by atoms with Gasteiger partial charge in [0.05, 0.1) is 6.16 Å². The molecule has 0 N–H and O–H groups in total. The lowest BCUT2D eigenvalue weighted by molar-refractivity contribution is 1.34. The second-order valence-corrected chi connectivity index (χ2v) is 11.5. The molecule has 3 aromatic rings. The van der Waals surface area contributed by atoms with E-state index >= 15 is 0 Å². The van der Waals surface area contributed by atoms with Crippen molar-refractivity contribution in [2.75, 3.05) is 6.16 Å². The van der Waals surface area contributed by atoms with Gasteiger partial charge in [-0.25, -0.2) is 0 Å². The Balaban J connectivity index is 2.51. The molecule has 140 valence electrons. The van der Waals surface area contributed by atoms with E-state index in [1.54, 1.807) is 15.9 Å². The van der Waals surface area contributed by atoms with Gasteiger partial charge in [0.25, 0.3) is 0 Å². The molecule has 3 rings (SSSR count). The first kappa shape index (κ1) is 19.8. The van der Waals surface area contributed by atoms with E-state index in [1.807, 2.05) is 0 Å². The van der Waals surface area contributed by atoms with Crippen molar-refractivity contribution in [1.82, 2.24) is 0 Å². The molecule has 0 aliphatic rings. The van der Waals surface area contributed by atoms with Gasteiger partial charge in [0, 0.05) is 0 Å². The fourth-order valence-corrected chi connectivity index (χ4v) is 9.42. The number of hydrogen-bond acceptors (Lipinski definition) is 0. The molecular weight excluding hydrogens is 343 g/mol. The Labute approximate surface area is 166 Å². The molecule has 0 bridgehead atoms. The molecule has 27 heavy (non-hydrogen) atoms. The van der Waals surface area contributed by atoms with Gasteiger partial charge in [-0.15, -0.1) is 0 Å². The van der Waals surface area contributed by atoms with Gasteiger partial charge in [0.2, 0.25) is 0 Å². The summed E-state index contributed by atoms with van der Waals surface area (Å²) in [5, 5.41) is 4.65. The first-order valence-corrected chi connectivity index (χ1v) is 11.9. The Hall–Kier alpha value is -1.91. The van der Waals surface area contributed by atoms with Crippen LogP contribution in [0.25, 0.3) is 0 Å². The standard InChI is InChI=1S/C26H32P/c1-8-27(24-15-9-12-18(2)21(24)5,25-16-10-13-19(3)22(25)6)26-17-11-14-20(4)23(26)7/h9-17H,8H2,1-7H3/q+1. The van der Waals surface area contributed by atoms with Crippen LogP contribution in [-0.2, 0) is 0 Å². The molecule has 0 saturated carbocycles. The second-order valence-electron chi connectivity index (χ2n) is 7.78. The van der Waals surface area contributed by atoms with Crippen molar-refractivity contribution in [2.24, 2.45) is 0 Å². The first-order valence-electron chi connectivity index (χ1n) is 9.93. The van der Waals surface area contributed by atoms with Gasteiger partial charge in [-0.2, -0.15) is 0 Å². The molecule has 0 saturated heterocycles. The molecule has 0 fully saturated rings. The van der Waals surface area contributed by atoms with E-state index < -0.39 is 7.26 Å². The molecule has 3 aromatic carbocycles. The quantitative estimate of drug-likeness (QED) is 0.502. The zero-order valence-corrected chi connectivity index (χ0v) is 18.7. The van der Waals surface area contributed by atoms with Gasteiger partial charge in [-0.1, -0.05) is 36.4 Å². The summed E-state index contributed by atoms with van der Waals surface area (Å²) in [7, 11) is -1.73. The number of hydrogen-bond donors (Lipinski definition) is 0. The van der Waals surface area contributed by atoms with Gasteiger partial charge < -0.3 is 0 Å². The third-order valence-corrected chi connectivity index (χ3v) is 11.3. The van der Waals surface area contributed by atoms with Gasteiger partial charge in [-0.3, -0.25) is 0 Å². The normalized spacial score (nSPS) is 11.7. The zero-order chi connectivity index (χ0) is 19.8. The summed E-state index contributed by atoms with van der Waals surface area (Å²) in [6.07, 6.45) is 1.14. The van der Waals surface area contributed by atoms with Crippen LogP contribution in [0.15, 0.2) is 54.6 Å². The van der Waals surface area contributed by atoms with Crippen LogP contribution in [0.2, 0.25) is 0 Å². The second kappa shape index (κ2) is 7.61. The van der Waals surface area contributed by atoms with Crippen LogP contribution >= 0.6 is 7.26 Å². The summed E-state index contributed by atoms with van der Waals surface area (Å²) < 4.78 is 0. The molecule has 0 unspecified atom stereocenters. The van der Waals surface area contributed by atoms with Crippen LogP contribution in [0.4, 0.5) is 0 Å². The van der Waals surface area contributed by atoms with Gasteiger partial charge in [0.1, 0.15) is 23.2 Å². The summed E-state index contributed by atoms with van der Waals surface area (Å²) in [4.78, 5) is 0. The molecule has 0 aromatic heterocycles. The summed E-state index contributed by atoms with van der Waals surface area (Å²) in [5.41, 5.74) is 8.53. The highest BCUT2D eigenvalue weighted by Crippen LogP contribution is 2.57. The Bertz CT molecular complexity index is 856. The highest BCUT2D eigenvalue weighted by atomic mass is 31.2. The molecule has 0 atom stereocenters. The molecule has 0 nitrogen and oxygen atoms in total. The summed E-state index contributed by atoms with van der Waals surface area (Å²) in [6.45, 7) is 16.1. The lowest BCUT2D eigenvalue weighted by Crippen LogP contribution is -2.37. The van der Waals surface area contributed by atoms with Crippen LogP contribution in [0.3, 0.4) is 0 Å². The Morgan fingerprint density at radius 3 is 1.07 bits per heavy atom. The van der Waals surface area contributed by atoms with E-state index in [1.165, 1.54) is 33.4 Å². The largest absolute Gasteiger partial charge is 0.112 e. The predicted octanol–water partition coefficient (Wildman–Crippen LogP) is 5.85. The van der Waals surface area contributed by atoms with Crippen molar-refractivity contribution in [1.29, 1.82) is 0 Å². The van der Waals surface area contributed by atoms with Crippen molar-refractivity contribution in [2.45, 2.75) is 48.5 Å². The minimum Gasteiger partial charge on any atom is -0.0588 e. The molecule has 0 heterocycles. The molecule has 0 amide bonds. The predicted molar refractivity (Wildman–Crippen MR) is 124 cm³/mol. The average molecular weight is 376 g/mol. The van der Waals surface area contributed by atoms with Crippen molar-refractivity contribution in [3.8, 4) is 0 Å². The van der Waals surface area contributed by atoms with Crippen LogP contribution in [0.1, 0.15) is 40.3 Å². The fraction of sp³-hybridized carbons (Fsp3) is 0.308. The highest BCUT2D eigenvalue weighted by molar-refractivity contribution is 7.95.